The molecule has 8 heteroatoms. The number of hydrogen-bond donors (Lipinski definition) is 1. The summed E-state index contributed by atoms with van der Waals surface area (Å²) in [5, 5.41) is 3.56. The minimum absolute atomic E-state index is 0. The molecule has 3 aliphatic rings. The number of furan rings is 1. The first-order valence-electron chi connectivity index (χ1n) is 11.2. The molecule has 0 aromatic carbocycles. The number of piperidine rings is 1. The van der Waals surface area contributed by atoms with E-state index < -0.39 is 0 Å². The molecule has 4 rings (SSSR count). The van der Waals surface area contributed by atoms with Gasteiger partial charge in [-0.25, -0.2) is 0 Å². The lowest BCUT2D eigenvalue weighted by Crippen LogP contribution is -2.48. The zero-order valence-electron chi connectivity index (χ0n) is 17.8. The zero-order valence-corrected chi connectivity index (χ0v) is 20.1. The van der Waals surface area contributed by atoms with Gasteiger partial charge < -0.3 is 28.8 Å². The van der Waals surface area contributed by atoms with Crippen molar-refractivity contribution in [3.8, 4) is 0 Å². The van der Waals surface area contributed by atoms with Crippen LogP contribution in [0.5, 0.6) is 0 Å². The van der Waals surface area contributed by atoms with Gasteiger partial charge in [-0.3, -0.25) is 4.99 Å². The maximum absolute atomic E-state index is 6.13. The lowest BCUT2D eigenvalue weighted by atomic mass is 10.1. The first-order valence-corrected chi connectivity index (χ1v) is 11.2. The molecule has 2 atom stereocenters. The summed E-state index contributed by atoms with van der Waals surface area (Å²) in [5.74, 6) is 2.56. The molecule has 4 heterocycles. The average molecular weight is 533 g/mol. The van der Waals surface area contributed by atoms with Crippen LogP contribution < -0.4 is 5.32 Å². The van der Waals surface area contributed by atoms with Crippen LogP contribution in [0.2, 0.25) is 0 Å². The van der Waals surface area contributed by atoms with Crippen molar-refractivity contribution in [3.63, 3.8) is 0 Å². The van der Waals surface area contributed by atoms with E-state index in [0.717, 1.165) is 96.4 Å². The van der Waals surface area contributed by atoms with Gasteiger partial charge in [0.15, 0.2) is 5.96 Å². The Morgan fingerprint density at radius 1 is 1.20 bits per heavy atom. The van der Waals surface area contributed by atoms with Gasteiger partial charge in [-0.05, 0) is 44.2 Å². The van der Waals surface area contributed by atoms with Crippen molar-refractivity contribution >= 4 is 29.9 Å². The van der Waals surface area contributed by atoms with Gasteiger partial charge in [0.1, 0.15) is 5.76 Å². The van der Waals surface area contributed by atoms with E-state index in [2.05, 4.69) is 10.2 Å². The Bertz CT molecular complexity index is 608. The highest BCUT2D eigenvalue weighted by atomic mass is 127. The first-order chi connectivity index (χ1) is 14.4. The summed E-state index contributed by atoms with van der Waals surface area (Å²) in [6.07, 6.45) is 8.73. The molecule has 170 valence electrons. The van der Waals surface area contributed by atoms with Gasteiger partial charge in [0.05, 0.1) is 31.7 Å². The SMILES string of the molecule is I.c1coc(CCNC(=NCC2CCOC2)N2CCC(OCC3CCCO3)CC2)c1. The summed E-state index contributed by atoms with van der Waals surface area (Å²) >= 11 is 0. The van der Waals surface area contributed by atoms with Crippen molar-refractivity contribution in [3.05, 3.63) is 24.2 Å². The Hall–Kier alpha value is -0.840. The Kier molecular flexibility index (Phi) is 10.2. The molecule has 30 heavy (non-hydrogen) atoms. The van der Waals surface area contributed by atoms with Crippen LogP contribution in [0.25, 0.3) is 0 Å². The maximum atomic E-state index is 6.13. The van der Waals surface area contributed by atoms with Gasteiger partial charge in [-0.2, -0.15) is 0 Å². The second-order valence-electron chi connectivity index (χ2n) is 8.30. The van der Waals surface area contributed by atoms with Crippen LogP contribution in [0.4, 0.5) is 0 Å². The highest BCUT2D eigenvalue weighted by Gasteiger charge is 2.25. The van der Waals surface area contributed by atoms with Crippen molar-refractivity contribution in [1.29, 1.82) is 0 Å². The van der Waals surface area contributed by atoms with Crippen LogP contribution in [0, 0.1) is 5.92 Å². The van der Waals surface area contributed by atoms with Gasteiger partial charge in [0, 0.05) is 51.7 Å². The second kappa shape index (κ2) is 12.9. The van der Waals surface area contributed by atoms with Crippen LogP contribution in [0.3, 0.4) is 0 Å². The Labute approximate surface area is 196 Å². The van der Waals surface area contributed by atoms with Crippen LogP contribution in [0.15, 0.2) is 27.8 Å². The monoisotopic (exact) mass is 533 g/mol. The van der Waals surface area contributed by atoms with E-state index in [9.17, 15) is 0 Å². The number of likely N-dealkylation sites (tertiary alicyclic amines) is 1. The Balaban J connectivity index is 0.00000256. The largest absolute Gasteiger partial charge is 0.469 e. The van der Waals surface area contributed by atoms with Crippen molar-refractivity contribution < 1.29 is 18.6 Å². The number of aliphatic imine (C=N–C) groups is 1. The molecule has 0 radical (unpaired) electrons. The third kappa shape index (κ3) is 7.39. The molecule has 0 saturated carbocycles. The second-order valence-corrected chi connectivity index (χ2v) is 8.30. The number of halogens is 1. The van der Waals surface area contributed by atoms with E-state index in [0.29, 0.717) is 18.1 Å². The summed E-state index contributed by atoms with van der Waals surface area (Å²) < 4.78 is 22.8. The summed E-state index contributed by atoms with van der Waals surface area (Å²) in [6, 6.07) is 3.96. The first kappa shape index (κ1) is 23.8. The van der Waals surface area contributed by atoms with E-state index in [-0.39, 0.29) is 24.0 Å². The zero-order chi connectivity index (χ0) is 19.7. The fourth-order valence-electron chi connectivity index (χ4n) is 4.22. The highest BCUT2D eigenvalue weighted by Crippen LogP contribution is 2.18. The Morgan fingerprint density at radius 3 is 2.80 bits per heavy atom. The quantitative estimate of drug-likeness (QED) is 0.315. The third-order valence-electron chi connectivity index (χ3n) is 6.04. The van der Waals surface area contributed by atoms with E-state index in [4.69, 9.17) is 23.6 Å². The number of nitrogens with zero attached hydrogens (tertiary/aromatic N) is 2. The Morgan fingerprint density at radius 2 is 2.10 bits per heavy atom. The van der Waals surface area contributed by atoms with Crippen LogP contribution >= 0.6 is 24.0 Å². The van der Waals surface area contributed by atoms with E-state index in [1.54, 1.807) is 6.26 Å². The molecule has 0 amide bonds. The molecule has 0 spiro atoms. The number of ether oxygens (including phenoxy) is 3. The van der Waals surface area contributed by atoms with Gasteiger partial charge in [-0.1, -0.05) is 0 Å². The fourth-order valence-corrected chi connectivity index (χ4v) is 4.22. The van der Waals surface area contributed by atoms with Gasteiger partial charge in [-0.15, -0.1) is 24.0 Å². The molecule has 3 fully saturated rings. The molecule has 3 saturated heterocycles. The normalized spacial score (nSPS) is 25.5. The minimum atomic E-state index is 0. The highest BCUT2D eigenvalue weighted by molar-refractivity contribution is 14.0. The summed E-state index contributed by atoms with van der Waals surface area (Å²) in [5.41, 5.74) is 0. The van der Waals surface area contributed by atoms with Gasteiger partial charge in [0.25, 0.3) is 0 Å². The molecule has 2 unspecified atom stereocenters. The molecule has 3 aliphatic heterocycles. The smallest absolute Gasteiger partial charge is 0.193 e. The van der Waals surface area contributed by atoms with Crippen LogP contribution in [-0.2, 0) is 20.6 Å². The summed E-state index contributed by atoms with van der Waals surface area (Å²) in [4.78, 5) is 7.32. The summed E-state index contributed by atoms with van der Waals surface area (Å²) in [6.45, 7) is 6.95. The molecule has 1 N–H and O–H groups in total. The van der Waals surface area contributed by atoms with Gasteiger partial charge in [0.2, 0.25) is 0 Å². The predicted octanol–water partition coefficient (Wildman–Crippen LogP) is 3.08. The number of hydrogen-bond acceptors (Lipinski definition) is 5. The van der Waals surface area contributed by atoms with Crippen molar-refractivity contribution in [1.82, 2.24) is 10.2 Å². The minimum Gasteiger partial charge on any atom is -0.469 e. The van der Waals surface area contributed by atoms with E-state index >= 15 is 0 Å². The standard InChI is InChI=1S/C22H35N3O4.HI/c1-3-19(27-12-1)5-9-23-22(24-15-18-8-14-26-16-18)25-10-6-20(7-11-25)29-17-21-4-2-13-28-21;/h1,3,12,18,20-21H,2,4-11,13-17H2,(H,23,24);1H. The van der Waals surface area contributed by atoms with Crippen LogP contribution in [0.1, 0.15) is 37.9 Å². The fraction of sp³-hybridized carbons (Fsp3) is 0.773. The lowest BCUT2D eigenvalue weighted by molar-refractivity contribution is -0.0367. The molecular weight excluding hydrogens is 497 g/mol. The third-order valence-corrected chi connectivity index (χ3v) is 6.04. The average Bonchev–Trinajstić information content (AvgIpc) is 3.53. The molecule has 0 aliphatic carbocycles. The lowest BCUT2D eigenvalue weighted by Gasteiger charge is -2.34. The molecule has 7 nitrogen and oxygen atoms in total. The molecule has 1 aromatic heterocycles. The van der Waals surface area contributed by atoms with E-state index in [1.165, 1.54) is 6.42 Å². The van der Waals surface area contributed by atoms with Crippen LogP contribution in [-0.4, -0.2) is 75.7 Å². The number of rotatable bonds is 8. The van der Waals surface area contributed by atoms with Crippen molar-refractivity contribution in [2.75, 3.05) is 52.6 Å². The van der Waals surface area contributed by atoms with Gasteiger partial charge >= 0.3 is 0 Å². The maximum Gasteiger partial charge on any atom is 0.193 e. The molecule has 1 aromatic rings. The summed E-state index contributed by atoms with van der Waals surface area (Å²) in [7, 11) is 0. The molecular formula is C22H36IN3O4. The number of guanidine groups is 1. The van der Waals surface area contributed by atoms with Crippen molar-refractivity contribution in [2.45, 2.75) is 50.7 Å². The molecule has 0 bridgehead atoms. The van der Waals surface area contributed by atoms with Crippen molar-refractivity contribution in [2.24, 2.45) is 10.9 Å². The number of nitrogens with one attached hydrogen (secondary N) is 1. The topological polar surface area (TPSA) is 68.5 Å². The van der Waals surface area contributed by atoms with E-state index in [1.807, 2.05) is 12.1 Å². The predicted molar refractivity (Wildman–Crippen MR) is 127 cm³/mol.